The molecule has 6 heteroatoms. The highest BCUT2D eigenvalue weighted by molar-refractivity contribution is 7.89. The Morgan fingerprint density at radius 1 is 1.31 bits per heavy atom. The fourth-order valence-electron chi connectivity index (χ4n) is 1.17. The number of hydrogen-bond donors (Lipinski definition) is 2. The van der Waals surface area contributed by atoms with Gasteiger partial charge in [-0.05, 0) is 31.2 Å². The monoisotopic (exact) mass is 244 g/mol. The molecule has 0 bridgehead atoms. The molecule has 1 rings (SSSR count). The van der Waals surface area contributed by atoms with E-state index in [1.54, 1.807) is 12.1 Å². The topological polar surface area (TPSA) is 81.4 Å². The second-order valence-electron chi connectivity index (χ2n) is 3.19. The van der Waals surface area contributed by atoms with Gasteiger partial charge in [-0.25, -0.2) is 13.6 Å². The molecule has 0 saturated heterocycles. The lowest BCUT2D eigenvalue weighted by molar-refractivity contribution is 0.158. The van der Waals surface area contributed by atoms with Crippen molar-refractivity contribution >= 4 is 15.7 Å². The van der Waals surface area contributed by atoms with E-state index < -0.39 is 10.0 Å². The van der Waals surface area contributed by atoms with Crippen molar-refractivity contribution in [1.82, 2.24) is 0 Å². The number of rotatable bonds is 6. The molecule has 0 fully saturated rings. The molecule has 0 atom stereocenters. The molecule has 0 aliphatic carbocycles. The number of nitrogens with two attached hydrogens (primary N) is 1. The number of anilines is 1. The van der Waals surface area contributed by atoms with Crippen molar-refractivity contribution in [3.8, 4) is 0 Å². The summed E-state index contributed by atoms with van der Waals surface area (Å²) in [7, 11) is -3.60. The van der Waals surface area contributed by atoms with Crippen LogP contribution in [0.25, 0.3) is 0 Å². The fraction of sp³-hybridized carbons (Fsp3) is 0.400. The van der Waals surface area contributed by atoms with Crippen LogP contribution < -0.4 is 10.5 Å². The Morgan fingerprint density at radius 3 is 2.44 bits per heavy atom. The van der Waals surface area contributed by atoms with E-state index in [9.17, 15) is 8.42 Å². The summed E-state index contributed by atoms with van der Waals surface area (Å²) in [4.78, 5) is 0.114. The van der Waals surface area contributed by atoms with Crippen LogP contribution in [0.5, 0.6) is 0 Å². The van der Waals surface area contributed by atoms with Gasteiger partial charge in [0.1, 0.15) is 0 Å². The highest BCUT2D eigenvalue weighted by atomic mass is 32.2. The Morgan fingerprint density at radius 2 is 1.94 bits per heavy atom. The molecule has 0 heterocycles. The normalized spacial score (nSPS) is 11.4. The zero-order chi connectivity index (χ0) is 12.0. The van der Waals surface area contributed by atoms with Crippen LogP contribution in [0.2, 0.25) is 0 Å². The molecule has 90 valence electrons. The van der Waals surface area contributed by atoms with Gasteiger partial charge in [0, 0.05) is 18.8 Å². The van der Waals surface area contributed by atoms with Gasteiger partial charge in [-0.15, -0.1) is 0 Å². The molecule has 5 nitrogen and oxygen atoms in total. The first kappa shape index (κ1) is 13.0. The largest absolute Gasteiger partial charge is 0.383 e. The van der Waals surface area contributed by atoms with Crippen LogP contribution in [0.4, 0.5) is 5.69 Å². The number of ether oxygens (including phenoxy) is 1. The molecular formula is C10H16N2O3S. The van der Waals surface area contributed by atoms with Crippen LogP contribution in [0.15, 0.2) is 29.2 Å². The Balaban J connectivity index is 2.52. The van der Waals surface area contributed by atoms with Crippen molar-refractivity contribution in [3.05, 3.63) is 24.3 Å². The molecular weight excluding hydrogens is 228 g/mol. The van der Waals surface area contributed by atoms with Crippen LogP contribution in [-0.4, -0.2) is 28.2 Å². The van der Waals surface area contributed by atoms with E-state index in [0.717, 1.165) is 5.69 Å². The standard InChI is InChI=1S/C10H16N2O3S/c1-2-15-8-7-12-9-3-5-10(6-4-9)16(11,13)14/h3-6,12H,2,7-8H2,1H3,(H2,11,13,14). The van der Waals surface area contributed by atoms with Crippen LogP contribution in [0.3, 0.4) is 0 Å². The maximum absolute atomic E-state index is 11.0. The average molecular weight is 244 g/mol. The van der Waals surface area contributed by atoms with Gasteiger partial charge in [0.05, 0.1) is 11.5 Å². The van der Waals surface area contributed by atoms with E-state index in [-0.39, 0.29) is 4.90 Å². The molecule has 1 aromatic carbocycles. The Labute approximate surface area is 95.7 Å². The third-order valence-electron chi connectivity index (χ3n) is 1.96. The molecule has 0 unspecified atom stereocenters. The highest BCUT2D eigenvalue weighted by Gasteiger charge is 2.05. The first-order valence-electron chi connectivity index (χ1n) is 4.98. The number of sulfonamides is 1. The molecule has 0 saturated carbocycles. The van der Waals surface area contributed by atoms with Crippen molar-refractivity contribution in [1.29, 1.82) is 0 Å². The molecule has 3 N–H and O–H groups in total. The highest BCUT2D eigenvalue weighted by Crippen LogP contribution is 2.12. The average Bonchev–Trinajstić information content (AvgIpc) is 2.24. The van der Waals surface area contributed by atoms with Gasteiger partial charge >= 0.3 is 0 Å². The lowest BCUT2D eigenvalue weighted by atomic mass is 10.3. The molecule has 1 aromatic rings. The predicted octanol–water partition coefficient (Wildman–Crippen LogP) is 0.782. The number of hydrogen-bond acceptors (Lipinski definition) is 4. The predicted molar refractivity (Wildman–Crippen MR) is 62.8 cm³/mol. The van der Waals surface area contributed by atoms with Gasteiger partial charge in [-0.1, -0.05) is 0 Å². The number of nitrogens with one attached hydrogen (secondary N) is 1. The third-order valence-corrected chi connectivity index (χ3v) is 2.89. The van der Waals surface area contributed by atoms with Crippen molar-refractivity contribution in [3.63, 3.8) is 0 Å². The summed E-state index contributed by atoms with van der Waals surface area (Å²) in [6.45, 7) is 3.92. The second kappa shape index (κ2) is 5.83. The van der Waals surface area contributed by atoms with E-state index in [4.69, 9.17) is 9.88 Å². The van der Waals surface area contributed by atoms with Crippen LogP contribution in [-0.2, 0) is 14.8 Å². The van der Waals surface area contributed by atoms with Gasteiger partial charge in [-0.2, -0.15) is 0 Å². The minimum absolute atomic E-state index is 0.114. The maximum atomic E-state index is 11.0. The zero-order valence-corrected chi connectivity index (χ0v) is 9.96. The van der Waals surface area contributed by atoms with Crippen LogP contribution in [0, 0.1) is 0 Å². The summed E-state index contributed by atoms with van der Waals surface area (Å²) in [6, 6.07) is 6.29. The van der Waals surface area contributed by atoms with Gasteiger partial charge in [-0.3, -0.25) is 0 Å². The van der Waals surface area contributed by atoms with Gasteiger partial charge in [0.15, 0.2) is 0 Å². The summed E-state index contributed by atoms with van der Waals surface area (Å²) in [5, 5.41) is 8.08. The van der Waals surface area contributed by atoms with E-state index >= 15 is 0 Å². The minimum atomic E-state index is -3.60. The minimum Gasteiger partial charge on any atom is -0.383 e. The quantitative estimate of drug-likeness (QED) is 0.725. The zero-order valence-electron chi connectivity index (χ0n) is 9.14. The molecule has 0 aliphatic rings. The van der Waals surface area contributed by atoms with Gasteiger partial charge in [0.2, 0.25) is 10.0 Å². The second-order valence-corrected chi connectivity index (χ2v) is 4.75. The number of benzene rings is 1. The third kappa shape index (κ3) is 4.18. The van der Waals surface area contributed by atoms with Crippen molar-refractivity contribution in [2.24, 2.45) is 5.14 Å². The lowest BCUT2D eigenvalue weighted by Crippen LogP contribution is -2.12. The molecule has 16 heavy (non-hydrogen) atoms. The first-order valence-corrected chi connectivity index (χ1v) is 6.53. The first-order chi connectivity index (χ1) is 7.54. The molecule has 0 amide bonds. The summed E-state index contributed by atoms with van der Waals surface area (Å²) < 4.78 is 27.1. The van der Waals surface area contributed by atoms with Crippen molar-refractivity contribution < 1.29 is 13.2 Å². The Kier molecular flexibility index (Phi) is 4.72. The van der Waals surface area contributed by atoms with E-state index in [1.807, 2.05) is 6.92 Å². The summed E-state index contributed by atoms with van der Waals surface area (Å²) in [5.41, 5.74) is 0.840. The van der Waals surface area contributed by atoms with Gasteiger partial charge < -0.3 is 10.1 Å². The summed E-state index contributed by atoms with van der Waals surface area (Å²) in [5.74, 6) is 0. The van der Waals surface area contributed by atoms with E-state index in [2.05, 4.69) is 5.32 Å². The molecule has 0 spiro atoms. The van der Waals surface area contributed by atoms with Crippen molar-refractivity contribution in [2.75, 3.05) is 25.1 Å². The summed E-state index contributed by atoms with van der Waals surface area (Å²) in [6.07, 6.45) is 0. The smallest absolute Gasteiger partial charge is 0.238 e. The van der Waals surface area contributed by atoms with Crippen LogP contribution >= 0.6 is 0 Å². The summed E-state index contributed by atoms with van der Waals surface area (Å²) >= 11 is 0. The van der Waals surface area contributed by atoms with E-state index in [0.29, 0.717) is 19.8 Å². The SMILES string of the molecule is CCOCCNc1ccc(S(N)(=O)=O)cc1. The molecule has 0 radical (unpaired) electrons. The molecule has 0 aliphatic heterocycles. The van der Waals surface area contributed by atoms with Crippen LogP contribution in [0.1, 0.15) is 6.92 Å². The lowest BCUT2D eigenvalue weighted by Gasteiger charge is -2.06. The Bertz CT molecular complexity index is 414. The molecule has 0 aromatic heterocycles. The Hall–Kier alpha value is -1.11. The van der Waals surface area contributed by atoms with E-state index in [1.165, 1.54) is 12.1 Å². The van der Waals surface area contributed by atoms with Crippen molar-refractivity contribution in [2.45, 2.75) is 11.8 Å². The fourth-order valence-corrected chi connectivity index (χ4v) is 1.69. The van der Waals surface area contributed by atoms with Gasteiger partial charge in [0.25, 0.3) is 0 Å². The number of primary sulfonamides is 1. The maximum Gasteiger partial charge on any atom is 0.238 e.